The van der Waals surface area contributed by atoms with E-state index in [-0.39, 0.29) is 5.91 Å². The fourth-order valence-electron chi connectivity index (χ4n) is 3.22. The Kier molecular flexibility index (Phi) is 5.33. The normalized spacial score (nSPS) is 12.7. The van der Waals surface area contributed by atoms with Gasteiger partial charge in [-0.2, -0.15) is 0 Å². The third-order valence-corrected chi connectivity index (χ3v) is 4.68. The number of hydrogen-bond acceptors (Lipinski definition) is 4. The van der Waals surface area contributed by atoms with Crippen LogP contribution in [-0.4, -0.2) is 26.2 Å². The number of rotatable bonds is 5. The Morgan fingerprint density at radius 2 is 1.90 bits per heavy atom. The lowest BCUT2D eigenvalue weighted by atomic mass is 10.1. The molecule has 0 bridgehead atoms. The lowest BCUT2D eigenvalue weighted by Gasteiger charge is -2.29. The van der Waals surface area contributed by atoms with Gasteiger partial charge in [0.15, 0.2) is 11.5 Å². The lowest BCUT2D eigenvalue weighted by molar-refractivity contribution is 0.0976. The minimum atomic E-state index is -0.403. The summed E-state index contributed by atoms with van der Waals surface area (Å²) in [5.41, 5.74) is 2.03. The fraction of sp³-hybridized carbons (Fsp3) is 0.174. The molecule has 6 heteroatoms. The highest BCUT2D eigenvalue weighted by molar-refractivity contribution is 6.07. The molecule has 0 saturated carbocycles. The van der Waals surface area contributed by atoms with Crippen molar-refractivity contribution in [3.8, 4) is 17.2 Å². The van der Waals surface area contributed by atoms with Crippen molar-refractivity contribution in [1.82, 2.24) is 0 Å². The standard InChI is InChI=1S/C23H20FNO4/c1-27-22-13-17(7-10-20(22)29-15-16-5-3-2-4-6-16)23(26)25-11-12-28-21-14-18(24)8-9-19(21)25/h2-10,13-14H,11-12,15H2,1H3. The van der Waals surface area contributed by atoms with Gasteiger partial charge in [-0.25, -0.2) is 4.39 Å². The summed E-state index contributed by atoms with van der Waals surface area (Å²) in [5, 5.41) is 0. The van der Waals surface area contributed by atoms with E-state index in [1.54, 1.807) is 29.2 Å². The Bertz CT molecular complexity index is 1020. The van der Waals surface area contributed by atoms with Crippen LogP contribution >= 0.6 is 0 Å². The van der Waals surface area contributed by atoms with Crippen molar-refractivity contribution in [1.29, 1.82) is 0 Å². The van der Waals surface area contributed by atoms with Crippen LogP contribution in [0.4, 0.5) is 10.1 Å². The summed E-state index contributed by atoms with van der Waals surface area (Å²) in [5.74, 6) is 0.768. The number of ether oxygens (including phenoxy) is 3. The van der Waals surface area contributed by atoms with Crippen molar-refractivity contribution in [2.75, 3.05) is 25.2 Å². The molecule has 3 aromatic carbocycles. The fourth-order valence-corrected chi connectivity index (χ4v) is 3.22. The third kappa shape index (κ3) is 4.01. The number of carbonyl (C=O) groups is 1. The molecule has 0 aliphatic carbocycles. The number of halogens is 1. The number of hydrogen-bond donors (Lipinski definition) is 0. The number of amides is 1. The van der Waals surface area contributed by atoms with Gasteiger partial charge in [0.25, 0.3) is 5.91 Å². The van der Waals surface area contributed by atoms with Crippen molar-refractivity contribution in [3.63, 3.8) is 0 Å². The van der Waals surface area contributed by atoms with Crippen LogP contribution in [0.25, 0.3) is 0 Å². The predicted octanol–water partition coefficient (Wildman–Crippen LogP) is 4.45. The average molecular weight is 393 g/mol. The van der Waals surface area contributed by atoms with Crippen LogP contribution < -0.4 is 19.1 Å². The zero-order valence-electron chi connectivity index (χ0n) is 15.9. The van der Waals surface area contributed by atoms with Gasteiger partial charge in [0.2, 0.25) is 0 Å². The van der Waals surface area contributed by atoms with Crippen LogP contribution in [0.5, 0.6) is 17.2 Å². The number of fused-ring (bicyclic) bond motifs is 1. The zero-order chi connectivity index (χ0) is 20.2. The van der Waals surface area contributed by atoms with Crippen molar-refractivity contribution in [2.24, 2.45) is 0 Å². The van der Waals surface area contributed by atoms with E-state index >= 15 is 0 Å². The summed E-state index contributed by atoms with van der Waals surface area (Å²) in [7, 11) is 1.53. The first-order valence-corrected chi connectivity index (χ1v) is 9.24. The summed E-state index contributed by atoms with van der Waals surface area (Å²) >= 11 is 0. The van der Waals surface area contributed by atoms with Crippen LogP contribution in [0.15, 0.2) is 66.7 Å². The monoisotopic (exact) mass is 393 g/mol. The molecule has 0 spiro atoms. The Labute approximate surface area is 168 Å². The van der Waals surface area contributed by atoms with E-state index in [4.69, 9.17) is 14.2 Å². The van der Waals surface area contributed by atoms with Gasteiger partial charge >= 0.3 is 0 Å². The topological polar surface area (TPSA) is 48.0 Å². The number of methoxy groups -OCH3 is 1. The summed E-state index contributed by atoms with van der Waals surface area (Å²) in [6.45, 7) is 1.08. The van der Waals surface area contributed by atoms with E-state index in [0.717, 1.165) is 5.56 Å². The molecule has 1 heterocycles. The van der Waals surface area contributed by atoms with Crippen molar-refractivity contribution >= 4 is 11.6 Å². The van der Waals surface area contributed by atoms with E-state index in [1.807, 2.05) is 30.3 Å². The first-order valence-electron chi connectivity index (χ1n) is 9.24. The molecule has 0 fully saturated rings. The molecule has 0 atom stereocenters. The smallest absolute Gasteiger partial charge is 0.258 e. The van der Waals surface area contributed by atoms with Crippen molar-refractivity contribution in [2.45, 2.75) is 6.61 Å². The quantitative estimate of drug-likeness (QED) is 0.643. The average Bonchev–Trinajstić information content (AvgIpc) is 2.77. The second kappa shape index (κ2) is 8.22. The first-order chi connectivity index (χ1) is 14.2. The molecule has 4 rings (SSSR count). The highest BCUT2D eigenvalue weighted by Crippen LogP contribution is 2.34. The van der Waals surface area contributed by atoms with Crippen LogP contribution in [0.2, 0.25) is 0 Å². The van der Waals surface area contributed by atoms with Crippen molar-refractivity contribution in [3.05, 3.63) is 83.7 Å². The summed E-state index contributed by atoms with van der Waals surface area (Å²) in [4.78, 5) is 14.7. The van der Waals surface area contributed by atoms with Crippen molar-refractivity contribution < 1.29 is 23.4 Å². The Balaban J connectivity index is 1.56. The minimum absolute atomic E-state index is 0.214. The van der Waals surface area contributed by atoms with Gasteiger partial charge in [-0.1, -0.05) is 30.3 Å². The molecule has 29 heavy (non-hydrogen) atoms. The van der Waals surface area contributed by atoms with Gasteiger partial charge in [0, 0.05) is 11.6 Å². The van der Waals surface area contributed by atoms with Gasteiger partial charge in [0.05, 0.1) is 19.3 Å². The highest BCUT2D eigenvalue weighted by atomic mass is 19.1. The first kappa shape index (κ1) is 18.8. The van der Waals surface area contributed by atoms with Crippen LogP contribution in [0, 0.1) is 5.82 Å². The second-order valence-corrected chi connectivity index (χ2v) is 6.56. The Morgan fingerprint density at radius 1 is 1.07 bits per heavy atom. The number of benzene rings is 3. The molecule has 0 aromatic heterocycles. The highest BCUT2D eigenvalue weighted by Gasteiger charge is 2.26. The minimum Gasteiger partial charge on any atom is -0.493 e. The molecule has 0 saturated heterocycles. The van der Waals surface area contributed by atoms with E-state index < -0.39 is 5.82 Å². The lowest BCUT2D eigenvalue weighted by Crippen LogP contribution is -2.38. The number of nitrogens with zero attached hydrogens (tertiary/aromatic N) is 1. The molecule has 0 radical (unpaired) electrons. The second-order valence-electron chi connectivity index (χ2n) is 6.56. The van der Waals surface area contributed by atoms with E-state index in [0.29, 0.717) is 48.3 Å². The molecule has 5 nitrogen and oxygen atoms in total. The summed E-state index contributed by atoms with van der Waals surface area (Å²) in [6.07, 6.45) is 0. The molecular formula is C23H20FNO4. The molecule has 1 amide bonds. The van der Waals surface area contributed by atoms with Gasteiger partial charge in [-0.05, 0) is 35.9 Å². The molecule has 0 unspecified atom stereocenters. The van der Waals surface area contributed by atoms with Crippen LogP contribution in [0.1, 0.15) is 15.9 Å². The maximum atomic E-state index is 13.5. The Morgan fingerprint density at radius 3 is 2.69 bits per heavy atom. The SMILES string of the molecule is COc1cc(C(=O)N2CCOc3cc(F)ccc32)ccc1OCc1ccccc1. The molecule has 0 N–H and O–H groups in total. The number of anilines is 1. The predicted molar refractivity (Wildman–Crippen MR) is 107 cm³/mol. The summed E-state index contributed by atoms with van der Waals surface area (Å²) in [6, 6.07) is 19.0. The van der Waals surface area contributed by atoms with E-state index in [1.165, 1.54) is 19.2 Å². The van der Waals surface area contributed by atoms with Gasteiger partial charge < -0.3 is 19.1 Å². The van der Waals surface area contributed by atoms with Crippen LogP contribution in [-0.2, 0) is 6.61 Å². The van der Waals surface area contributed by atoms with E-state index in [9.17, 15) is 9.18 Å². The molecule has 3 aromatic rings. The van der Waals surface area contributed by atoms with Gasteiger partial charge in [0.1, 0.15) is 24.8 Å². The number of carbonyl (C=O) groups excluding carboxylic acids is 1. The largest absolute Gasteiger partial charge is 0.493 e. The van der Waals surface area contributed by atoms with E-state index in [2.05, 4.69) is 0 Å². The molecular weight excluding hydrogens is 373 g/mol. The molecule has 1 aliphatic heterocycles. The summed E-state index contributed by atoms with van der Waals surface area (Å²) < 4.78 is 30.2. The zero-order valence-corrected chi connectivity index (χ0v) is 15.9. The maximum absolute atomic E-state index is 13.5. The third-order valence-electron chi connectivity index (χ3n) is 4.68. The van der Waals surface area contributed by atoms with Gasteiger partial charge in [-0.3, -0.25) is 4.79 Å². The van der Waals surface area contributed by atoms with Crippen LogP contribution in [0.3, 0.4) is 0 Å². The maximum Gasteiger partial charge on any atom is 0.258 e. The molecule has 1 aliphatic rings. The Hall–Kier alpha value is -3.54. The molecule has 148 valence electrons. The van der Waals surface area contributed by atoms with Gasteiger partial charge in [-0.15, -0.1) is 0 Å².